The predicted octanol–water partition coefficient (Wildman–Crippen LogP) is 2.26. The largest absolute Gasteiger partial charge is 0.469 e. The van der Waals surface area contributed by atoms with E-state index < -0.39 is 4.92 Å². The number of ether oxygens (including phenoxy) is 1. The molecule has 118 valence electrons. The van der Waals surface area contributed by atoms with Crippen molar-refractivity contribution in [3.05, 3.63) is 15.8 Å². The van der Waals surface area contributed by atoms with Crippen molar-refractivity contribution in [3.8, 4) is 0 Å². The van der Waals surface area contributed by atoms with Crippen LogP contribution in [0.1, 0.15) is 38.3 Å². The highest BCUT2D eigenvalue weighted by Gasteiger charge is 2.24. The van der Waals surface area contributed by atoms with E-state index in [1.165, 1.54) is 7.11 Å². The minimum Gasteiger partial charge on any atom is -0.469 e. The van der Waals surface area contributed by atoms with Crippen LogP contribution >= 0.6 is 0 Å². The smallest absolute Gasteiger partial charge is 0.333 e. The molecule has 1 rings (SSSR count). The molecule has 1 heterocycles. The van der Waals surface area contributed by atoms with Gasteiger partial charge in [-0.1, -0.05) is 6.42 Å². The zero-order chi connectivity index (χ0) is 15.8. The molecule has 0 aliphatic carbocycles. The number of esters is 1. The van der Waals surface area contributed by atoms with Gasteiger partial charge in [-0.15, -0.1) is 0 Å². The summed E-state index contributed by atoms with van der Waals surface area (Å²) in [6, 6.07) is 0. The first-order chi connectivity index (χ1) is 10.0. The number of carbonyl (C=O) groups excluding carboxylic acids is 1. The van der Waals surface area contributed by atoms with Crippen LogP contribution in [-0.2, 0) is 16.1 Å². The summed E-state index contributed by atoms with van der Waals surface area (Å²) in [7, 11) is 1.37. The summed E-state index contributed by atoms with van der Waals surface area (Å²) in [5.74, 6) is 0.242. The third kappa shape index (κ3) is 4.73. The van der Waals surface area contributed by atoms with Gasteiger partial charge in [-0.05, 0) is 26.7 Å². The molecular weight excluding hydrogens is 276 g/mol. The van der Waals surface area contributed by atoms with Crippen molar-refractivity contribution in [1.82, 2.24) is 9.78 Å². The number of nitro groups is 1. The summed E-state index contributed by atoms with van der Waals surface area (Å²) in [6.07, 6.45) is 2.84. The Morgan fingerprint density at radius 3 is 2.71 bits per heavy atom. The third-order valence-electron chi connectivity index (χ3n) is 3.16. The number of methoxy groups -OCH3 is 1. The van der Waals surface area contributed by atoms with Crippen LogP contribution in [0.4, 0.5) is 11.5 Å². The van der Waals surface area contributed by atoms with Gasteiger partial charge in [-0.25, -0.2) is 4.68 Å². The second kappa shape index (κ2) is 8.23. The fourth-order valence-corrected chi connectivity index (χ4v) is 2.07. The summed E-state index contributed by atoms with van der Waals surface area (Å²) in [5, 5.41) is 18.3. The standard InChI is InChI=1S/C13H22N4O4/c1-4-16-13(12(17(19)20)10(2)15-16)14-9-7-5-6-8-11(18)21-3/h14H,4-9H2,1-3H3. The lowest BCUT2D eigenvalue weighted by molar-refractivity contribution is -0.384. The van der Waals surface area contributed by atoms with Crippen molar-refractivity contribution in [3.63, 3.8) is 0 Å². The lowest BCUT2D eigenvalue weighted by Crippen LogP contribution is -2.10. The average molecular weight is 298 g/mol. The molecule has 0 saturated carbocycles. The predicted molar refractivity (Wildman–Crippen MR) is 78.3 cm³/mol. The van der Waals surface area contributed by atoms with E-state index in [-0.39, 0.29) is 11.7 Å². The van der Waals surface area contributed by atoms with Crippen LogP contribution in [-0.4, -0.2) is 34.3 Å². The number of anilines is 1. The number of unbranched alkanes of at least 4 members (excludes halogenated alkanes) is 2. The average Bonchev–Trinajstić information content (AvgIpc) is 2.78. The first-order valence-electron chi connectivity index (χ1n) is 7.03. The molecule has 1 aromatic heterocycles. The van der Waals surface area contributed by atoms with E-state index >= 15 is 0 Å². The number of aryl methyl sites for hydroxylation is 2. The van der Waals surface area contributed by atoms with Crippen LogP contribution in [0.25, 0.3) is 0 Å². The SMILES string of the molecule is CCn1nc(C)c([N+](=O)[O-])c1NCCCCCC(=O)OC. The Hall–Kier alpha value is -2.12. The van der Waals surface area contributed by atoms with Crippen molar-refractivity contribution in [1.29, 1.82) is 0 Å². The van der Waals surface area contributed by atoms with E-state index in [1.807, 2.05) is 6.92 Å². The van der Waals surface area contributed by atoms with Gasteiger partial charge in [0.1, 0.15) is 5.69 Å². The van der Waals surface area contributed by atoms with Gasteiger partial charge in [0, 0.05) is 19.5 Å². The summed E-state index contributed by atoms with van der Waals surface area (Å²) < 4.78 is 6.16. The van der Waals surface area contributed by atoms with Crippen LogP contribution in [0.3, 0.4) is 0 Å². The molecular formula is C13H22N4O4. The van der Waals surface area contributed by atoms with E-state index in [0.717, 1.165) is 19.3 Å². The molecule has 0 bridgehead atoms. The van der Waals surface area contributed by atoms with Gasteiger partial charge < -0.3 is 10.1 Å². The van der Waals surface area contributed by atoms with Crippen molar-refractivity contribution in [2.45, 2.75) is 46.1 Å². The Balaban J connectivity index is 2.48. The molecule has 21 heavy (non-hydrogen) atoms. The maximum atomic E-state index is 11.1. The molecule has 0 aliphatic heterocycles. The summed E-state index contributed by atoms with van der Waals surface area (Å²) in [6.45, 7) is 4.69. The Kier molecular flexibility index (Phi) is 6.64. The quantitative estimate of drug-likeness (QED) is 0.325. The maximum Gasteiger partial charge on any atom is 0.333 e. The molecule has 0 aliphatic rings. The van der Waals surface area contributed by atoms with Crippen molar-refractivity contribution < 1.29 is 14.5 Å². The van der Waals surface area contributed by atoms with E-state index in [9.17, 15) is 14.9 Å². The summed E-state index contributed by atoms with van der Waals surface area (Å²) in [4.78, 5) is 21.6. The minimum absolute atomic E-state index is 0.0337. The molecule has 0 fully saturated rings. The lowest BCUT2D eigenvalue weighted by atomic mass is 10.2. The molecule has 0 saturated heterocycles. The van der Waals surface area contributed by atoms with Crippen molar-refractivity contribution >= 4 is 17.5 Å². The minimum atomic E-state index is -0.409. The van der Waals surface area contributed by atoms with Crippen molar-refractivity contribution in [2.75, 3.05) is 19.0 Å². The number of nitrogens with one attached hydrogen (secondary N) is 1. The Morgan fingerprint density at radius 2 is 2.14 bits per heavy atom. The highest BCUT2D eigenvalue weighted by atomic mass is 16.6. The Labute approximate surface area is 123 Å². The molecule has 1 aromatic rings. The van der Waals surface area contributed by atoms with Gasteiger partial charge in [0.2, 0.25) is 5.82 Å². The second-order valence-corrected chi connectivity index (χ2v) is 4.67. The van der Waals surface area contributed by atoms with Gasteiger partial charge in [-0.3, -0.25) is 14.9 Å². The van der Waals surface area contributed by atoms with Gasteiger partial charge in [0.15, 0.2) is 0 Å². The highest BCUT2D eigenvalue weighted by molar-refractivity contribution is 5.68. The van der Waals surface area contributed by atoms with E-state index in [4.69, 9.17) is 0 Å². The molecule has 0 radical (unpaired) electrons. The monoisotopic (exact) mass is 298 g/mol. The number of hydrogen-bond acceptors (Lipinski definition) is 6. The van der Waals surface area contributed by atoms with E-state index in [2.05, 4.69) is 15.2 Å². The van der Waals surface area contributed by atoms with Gasteiger partial charge >= 0.3 is 11.7 Å². The topological polar surface area (TPSA) is 99.3 Å². The van der Waals surface area contributed by atoms with Crippen LogP contribution in [0.15, 0.2) is 0 Å². The highest BCUT2D eigenvalue weighted by Crippen LogP contribution is 2.28. The van der Waals surface area contributed by atoms with Crippen molar-refractivity contribution in [2.24, 2.45) is 0 Å². The maximum absolute atomic E-state index is 11.1. The fourth-order valence-electron chi connectivity index (χ4n) is 2.07. The molecule has 0 atom stereocenters. The Morgan fingerprint density at radius 1 is 1.43 bits per heavy atom. The Bertz CT molecular complexity index is 499. The van der Waals surface area contributed by atoms with Crippen LogP contribution in [0.5, 0.6) is 0 Å². The van der Waals surface area contributed by atoms with Crippen LogP contribution in [0.2, 0.25) is 0 Å². The first-order valence-corrected chi connectivity index (χ1v) is 7.03. The normalized spacial score (nSPS) is 10.4. The van der Waals surface area contributed by atoms with Crippen LogP contribution in [0, 0.1) is 17.0 Å². The lowest BCUT2D eigenvalue weighted by Gasteiger charge is -2.07. The van der Waals surface area contributed by atoms with E-state index in [0.29, 0.717) is 31.0 Å². The summed E-state index contributed by atoms with van der Waals surface area (Å²) in [5.41, 5.74) is 0.446. The molecule has 0 spiro atoms. The molecule has 8 nitrogen and oxygen atoms in total. The first kappa shape index (κ1) is 16.9. The molecule has 1 N–H and O–H groups in total. The number of rotatable bonds is 9. The van der Waals surface area contributed by atoms with Gasteiger partial charge in [0.25, 0.3) is 0 Å². The summed E-state index contributed by atoms with van der Waals surface area (Å²) >= 11 is 0. The van der Waals surface area contributed by atoms with E-state index in [1.54, 1.807) is 11.6 Å². The fraction of sp³-hybridized carbons (Fsp3) is 0.692. The molecule has 0 unspecified atom stereocenters. The number of hydrogen-bond donors (Lipinski definition) is 1. The number of aromatic nitrogens is 2. The molecule has 0 aromatic carbocycles. The molecule has 0 amide bonds. The zero-order valence-electron chi connectivity index (χ0n) is 12.7. The molecule has 8 heteroatoms. The second-order valence-electron chi connectivity index (χ2n) is 4.67. The van der Waals surface area contributed by atoms with Gasteiger partial charge in [0.05, 0.1) is 12.0 Å². The van der Waals surface area contributed by atoms with Crippen LogP contribution < -0.4 is 5.32 Å². The zero-order valence-corrected chi connectivity index (χ0v) is 12.7. The van der Waals surface area contributed by atoms with Gasteiger partial charge in [-0.2, -0.15) is 5.10 Å². The number of carbonyl (C=O) groups is 1. The number of nitrogens with zero attached hydrogens (tertiary/aromatic N) is 3. The third-order valence-corrected chi connectivity index (χ3v) is 3.16.